The number of likely N-dealkylation sites (N-methyl/N-ethyl adjacent to an activating group) is 1. The number of carbonyl (C=O) groups is 3. The van der Waals surface area contributed by atoms with E-state index >= 15 is 0 Å². The molecule has 4 unspecified atom stereocenters. The van der Waals surface area contributed by atoms with Crippen molar-refractivity contribution in [2.45, 2.75) is 75.7 Å². The van der Waals surface area contributed by atoms with Gasteiger partial charge in [0, 0.05) is 56.0 Å². The Labute approximate surface area is 253 Å². The number of fused-ring (bicyclic) bond motifs is 2. The lowest BCUT2D eigenvalue weighted by Crippen LogP contribution is -2.56. The van der Waals surface area contributed by atoms with Gasteiger partial charge in [-0.25, -0.2) is 9.94 Å². The van der Waals surface area contributed by atoms with Crippen LogP contribution < -0.4 is 10.2 Å². The molecule has 13 heteroatoms. The first-order valence-corrected chi connectivity index (χ1v) is 15.2. The van der Waals surface area contributed by atoms with E-state index in [1.165, 1.54) is 12.1 Å². The topological polar surface area (TPSA) is 121 Å². The van der Waals surface area contributed by atoms with Crippen molar-refractivity contribution in [3.63, 3.8) is 0 Å². The van der Waals surface area contributed by atoms with E-state index in [0.717, 1.165) is 37.8 Å². The van der Waals surface area contributed by atoms with Crippen LogP contribution in [0.15, 0.2) is 24.3 Å². The minimum Gasteiger partial charge on any atom is -0.381 e. The summed E-state index contributed by atoms with van der Waals surface area (Å²) >= 11 is 0. The Morgan fingerprint density at radius 2 is 1.84 bits per heavy atom. The predicted octanol–water partition coefficient (Wildman–Crippen LogP) is 4.29. The fourth-order valence-corrected chi connectivity index (χ4v) is 7.21. The number of likely N-dealkylation sites (tertiary alicyclic amines) is 1. The number of benzene rings is 1. The lowest BCUT2D eigenvalue weighted by molar-refractivity contribution is -0.137. The molecule has 1 aromatic heterocycles. The maximum absolute atomic E-state index is 14.2. The zero-order valence-electron chi connectivity index (χ0n) is 24.4. The fraction of sp³-hybridized carbons (Fsp3) is 0.581. The summed E-state index contributed by atoms with van der Waals surface area (Å²) in [4.78, 5) is 45.2. The molecule has 2 aliphatic carbocycles. The third-order valence-corrected chi connectivity index (χ3v) is 9.61. The predicted molar refractivity (Wildman–Crippen MR) is 152 cm³/mol. The van der Waals surface area contributed by atoms with E-state index in [9.17, 15) is 27.6 Å². The van der Waals surface area contributed by atoms with Crippen LogP contribution >= 0.6 is 0 Å². The Morgan fingerprint density at radius 3 is 2.43 bits per heavy atom. The molecule has 7 rings (SSSR count). The highest BCUT2D eigenvalue weighted by Gasteiger charge is 2.54. The normalized spacial score (nSPS) is 26.4. The van der Waals surface area contributed by atoms with Gasteiger partial charge >= 0.3 is 6.18 Å². The van der Waals surface area contributed by atoms with Crippen LogP contribution in [-0.4, -0.2) is 70.8 Å². The summed E-state index contributed by atoms with van der Waals surface area (Å²) in [5, 5.41) is 14.3. The third kappa shape index (κ3) is 5.23. The lowest BCUT2D eigenvalue weighted by atomic mass is 9.82. The first-order valence-electron chi connectivity index (χ1n) is 15.2. The van der Waals surface area contributed by atoms with Gasteiger partial charge in [-0.2, -0.15) is 18.3 Å². The molecule has 4 atom stereocenters. The number of ether oxygens (including phenoxy) is 1. The monoisotopic (exact) mass is 612 g/mol. The van der Waals surface area contributed by atoms with Crippen molar-refractivity contribution in [3.05, 3.63) is 46.6 Å². The Bertz CT molecular complexity index is 1480. The van der Waals surface area contributed by atoms with E-state index in [2.05, 4.69) is 11.9 Å². The maximum atomic E-state index is 14.2. The van der Waals surface area contributed by atoms with Gasteiger partial charge in [0.05, 0.1) is 11.6 Å². The van der Waals surface area contributed by atoms with Gasteiger partial charge in [-0.1, -0.05) is 6.07 Å². The number of piperidine rings is 1. The largest absolute Gasteiger partial charge is 0.416 e. The lowest BCUT2D eigenvalue weighted by Gasteiger charge is -2.39. The molecule has 1 N–H and O–H groups in total. The van der Waals surface area contributed by atoms with Gasteiger partial charge in [0.1, 0.15) is 11.9 Å². The number of aromatic nitrogens is 2. The molecule has 2 saturated heterocycles. The molecule has 1 aromatic carbocycles. The van der Waals surface area contributed by atoms with Gasteiger partial charge in [0.15, 0.2) is 5.69 Å². The molecule has 0 spiro atoms. The van der Waals surface area contributed by atoms with E-state index in [1.807, 2.05) is 16.5 Å². The zero-order chi connectivity index (χ0) is 31.3. The molecule has 44 heavy (non-hydrogen) atoms. The van der Waals surface area contributed by atoms with Crippen LogP contribution in [0.2, 0.25) is 0 Å². The van der Waals surface area contributed by atoms with E-state index in [-0.39, 0.29) is 41.9 Å². The minimum atomic E-state index is -4.61. The number of nitriles is 1. The summed E-state index contributed by atoms with van der Waals surface area (Å²) in [5.74, 6) is -0.533. The molecule has 3 amide bonds. The van der Waals surface area contributed by atoms with Crippen LogP contribution in [-0.2, 0) is 15.7 Å². The highest BCUT2D eigenvalue weighted by molar-refractivity contribution is 6.07. The Hall–Kier alpha value is -3.92. The van der Waals surface area contributed by atoms with Gasteiger partial charge in [0.25, 0.3) is 17.7 Å². The molecule has 234 valence electrons. The molecule has 0 radical (unpaired) electrons. The van der Waals surface area contributed by atoms with Crippen LogP contribution in [0.25, 0.3) is 0 Å². The van der Waals surface area contributed by atoms with E-state index in [1.54, 1.807) is 4.90 Å². The van der Waals surface area contributed by atoms with Crippen LogP contribution in [0.1, 0.15) is 89.4 Å². The number of carbonyl (C=O) groups excluding carboxylic acids is 3. The van der Waals surface area contributed by atoms with E-state index in [4.69, 9.17) is 15.1 Å². The number of nitrogens with zero attached hydrogens (tertiary/aromatic N) is 5. The average molecular weight is 613 g/mol. The van der Waals surface area contributed by atoms with Crippen molar-refractivity contribution in [2.75, 3.05) is 31.2 Å². The number of anilines is 1. The fourth-order valence-electron chi connectivity index (χ4n) is 7.21. The second kappa shape index (κ2) is 11.5. The summed E-state index contributed by atoms with van der Waals surface area (Å²) in [7, 11) is 0. The average Bonchev–Trinajstić information content (AvgIpc) is 3.95. The van der Waals surface area contributed by atoms with Gasteiger partial charge in [-0.05, 0) is 75.5 Å². The standard InChI is InChI=1S/C30H34F3N5O4.CHN/c1-2-36-27-23(25(29(41)37-11-8-17-15-21(17)37)35-38(27)20-9-12-42-13-10-20)22(16-6-7-16)24(28(36)40)34-26(39)18-4-3-5-19(14-18)30(31,32)33;1-2/h3-5,14,16-17,20-22,24H,2,6-13,15H2,1H3,(H,34,39);1H. The number of rotatable bonds is 6. The first kappa shape index (κ1) is 30.1. The van der Waals surface area contributed by atoms with Crippen molar-refractivity contribution in [1.29, 1.82) is 5.26 Å². The molecule has 4 heterocycles. The van der Waals surface area contributed by atoms with Crippen molar-refractivity contribution < 1.29 is 32.3 Å². The van der Waals surface area contributed by atoms with Gasteiger partial charge in [0.2, 0.25) is 0 Å². The van der Waals surface area contributed by atoms with E-state index < -0.39 is 29.6 Å². The molecule has 3 aliphatic heterocycles. The molecule has 4 fully saturated rings. The molecule has 5 aliphatic rings. The third-order valence-electron chi connectivity index (χ3n) is 9.61. The maximum Gasteiger partial charge on any atom is 0.416 e. The van der Waals surface area contributed by atoms with Crippen molar-refractivity contribution in [2.24, 2.45) is 11.8 Å². The van der Waals surface area contributed by atoms with Crippen molar-refractivity contribution >= 4 is 23.5 Å². The minimum absolute atomic E-state index is 0.0424. The zero-order valence-corrected chi connectivity index (χ0v) is 24.4. The van der Waals surface area contributed by atoms with Gasteiger partial charge in [-0.3, -0.25) is 19.3 Å². The highest BCUT2D eigenvalue weighted by Crippen LogP contribution is 2.53. The molecule has 2 aromatic rings. The molecule has 2 saturated carbocycles. The first-order chi connectivity index (χ1) is 21.2. The van der Waals surface area contributed by atoms with Gasteiger partial charge < -0.3 is 15.0 Å². The second-order valence-electron chi connectivity index (χ2n) is 12.2. The summed E-state index contributed by atoms with van der Waals surface area (Å²) in [6, 6.07) is 3.36. The summed E-state index contributed by atoms with van der Waals surface area (Å²) in [5.41, 5.74) is -0.0814. The summed E-state index contributed by atoms with van der Waals surface area (Å²) in [6.07, 6.45) is 0.410. The van der Waals surface area contributed by atoms with Crippen LogP contribution in [0.4, 0.5) is 19.0 Å². The number of hydrogen-bond donors (Lipinski definition) is 1. The van der Waals surface area contributed by atoms with Gasteiger partial charge in [-0.15, -0.1) is 0 Å². The molecule has 10 nitrogen and oxygen atoms in total. The Morgan fingerprint density at radius 1 is 1.11 bits per heavy atom. The van der Waals surface area contributed by atoms with Crippen LogP contribution in [0, 0.1) is 23.7 Å². The molecule has 0 bridgehead atoms. The molecular formula is C31H35F3N6O4. The number of nitrogens with one attached hydrogen (secondary N) is 1. The Kier molecular flexibility index (Phi) is 7.90. The SMILES string of the molecule is C#N.CCN1C(=O)C(NC(=O)c2cccc(C(F)(F)F)c2)C(C2CC2)c2c(C(=O)N3CCC4CC43)nn(C3CCOCC3)c21. The number of hydrogen-bond acceptors (Lipinski definition) is 6. The number of amides is 3. The number of halogens is 3. The quantitative estimate of drug-likeness (QED) is 0.520. The molecular weight excluding hydrogens is 577 g/mol. The summed E-state index contributed by atoms with van der Waals surface area (Å²) in [6.45, 7) is 7.41. The van der Waals surface area contributed by atoms with E-state index in [0.29, 0.717) is 55.6 Å². The van der Waals surface area contributed by atoms with Crippen LogP contribution in [0.3, 0.4) is 0 Å². The summed E-state index contributed by atoms with van der Waals surface area (Å²) < 4.78 is 47.6. The second-order valence-corrected chi connectivity index (χ2v) is 12.2. The number of alkyl halides is 3. The Balaban J connectivity index is 0.00000168. The van der Waals surface area contributed by atoms with Crippen molar-refractivity contribution in [1.82, 2.24) is 20.0 Å². The highest BCUT2D eigenvalue weighted by atomic mass is 19.4. The van der Waals surface area contributed by atoms with Crippen molar-refractivity contribution in [3.8, 4) is 6.57 Å². The smallest absolute Gasteiger partial charge is 0.381 e. The van der Waals surface area contributed by atoms with Crippen LogP contribution in [0.5, 0.6) is 0 Å².